The van der Waals surface area contributed by atoms with Crippen LogP contribution in [0.15, 0.2) is 41.8 Å². The fourth-order valence-electron chi connectivity index (χ4n) is 4.22. The SMILES string of the molecule is COc1ccc(F)cc1C(C)Nc1ccn2ncc(C3=NOC4(CCN(SC)CC4)N3)c2n1. The Morgan fingerprint density at radius 1 is 1.30 bits per heavy atom. The normalized spacial score (nSPS) is 18.6. The number of amidine groups is 1. The Bertz CT molecular complexity index is 1190. The maximum absolute atomic E-state index is 13.8. The van der Waals surface area contributed by atoms with E-state index < -0.39 is 5.72 Å². The van der Waals surface area contributed by atoms with E-state index in [1.165, 1.54) is 12.1 Å². The van der Waals surface area contributed by atoms with Crippen molar-refractivity contribution in [3.8, 4) is 5.75 Å². The predicted molar refractivity (Wildman–Crippen MR) is 126 cm³/mol. The number of benzene rings is 1. The minimum absolute atomic E-state index is 0.229. The lowest BCUT2D eigenvalue weighted by Crippen LogP contribution is -2.51. The van der Waals surface area contributed by atoms with Gasteiger partial charge in [0.15, 0.2) is 11.5 Å². The van der Waals surface area contributed by atoms with E-state index in [4.69, 9.17) is 14.6 Å². The minimum Gasteiger partial charge on any atom is -0.496 e. The third-order valence-corrected chi connectivity index (χ3v) is 6.97. The molecule has 4 heterocycles. The molecule has 3 aromatic rings. The Labute approximate surface area is 195 Å². The van der Waals surface area contributed by atoms with Crippen LogP contribution >= 0.6 is 11.9 Å². The molecular formula is C22H26FN7O2S. The van der Waals surface area contributed by atoms with Gasteiger partial charge in [-0.15, -0.1) is 0 Å². The maximum Gasteiger partial charge on any atom is 0.211 e. The van der Waals surface area contributed by atoms with Crippen LogP contribution in [0.4, 0.5) is 10.2 Å². The number of rotatable bonds is 6. The quantitative estimate of drug-likeness (QED) is 0.529. The van der Waals surface area contributed by atoms with Gasteiger partial charge in [-0.1, -0.05) is 17.1 Å². The van der Waals surface area contributed by atoms with Crippen LogP contribution < -0.4 is 15.4 Å². The van der Waals surface area contributed by atoms with Gasteiger partial charge in [0.1, 0.15) is 17.4 Å². The van der Waals surface area contributed by atoms with Crippen LogP contribution in [-0.4, -0.2) is 56.9 Å². The average Bonchev–Trinajstić information content (AvgIpc) is 3.43. The zero-order valence-electron chi connectivity index (χ0n) is 18.7. The summed E-state index contributed by atoms with van der Waals surface area (Å²) in [5.74, 6) is 1.56. The van der Waals surface area contributed by atoms with Gasteiger partial charge in [0, 0.05) is 37.7 Å². The molecular weight excluding hydrogens is 445 g/mol. The second-order valence-electron chi connectivity index (χ2n) is 8.15. The molecule has 2 aliphatic rings. The van der Waals surface area contributed by atoms with Crippen molar-refractivity contribution in [3.63, 3.8) is 0 Å². The minimum atomic E-state index is -0.478. The van der Waals surface area contributed by atoms with Crippen LogP contribution in [0.25, 0.3) is 5.65 Å². The van der Waals surface area contributed by atoms with E-state index in [-0.39, 0.29) is 11.9 Å². The van der Waals surface area contributed by atoms with E-state index in [9.17, 15) is 4.39 Å². The molecule has 1 fully saturated rings. The Morgan fingerprint density at radius 2 is 2.12 bits per heavy atom. The Balaban J connectivity index is 1.36. The lowest BCUT2D eigenvalue weighted by molar-refractivity contribution is -0.0638. The number of fused-ring (bicyclic) bond motifs is 1. The Morgan fingerprint density at radius 3 is 2.88 bits per heavy atom. The van der Waals surface area contributed by atoms with Crippen LogP contribution in [-0.2, 0) is 4.84 Å². The van der Waals surface area contributed by atoms with E-state index in [1.807, 2.05) is 19.2 Å². The molecule has 2 aliphatic heterocycles. The smallest absolute Gasteiger partial charge is 0.211 e. The molecule has 11 heteroatoms. The van der Waals surface area contributed by atoms with Crippen molar-refractivity contribution in [2.24, 2.45) is 5.16 Å². The molecule has 1 spiro atoms. The average molecular weight is 472 g/mol. The molecule has 2 N–H and O–H groups in total. The van der Waals surface area contributed by atoms with Gasteiger partial charge in [0.25, 0.3) is 0 Å². The summed E-state index contributed by atoms with van der Waals surface area (Å²) in [7, 11) is 1.57. The molecule has 0 amide bonds. The van der Waals surface area contributed by atoms with Crippen molar-refractivity contribution in [1.82, 2.24) is 24.2 Å². The summed E-state index contributed by atoms with van der Waals surface area (Å²) in [4.78, 5) is 10.6. The molecule has 1 aromatic carbocycles. The number of ether oxygens (including phenoxy) is 1. The second-order valence-corrected chi connectivity index (χ2v) is 9.04. The van der Waals surface area contributed by atoms with Crippen molar-refractivity contribution in [2.75, 3.05) is 31.8 Å². The number of anilines is 1. The molecule has 0 radical (unpaired) electrons. The topological polar surface area (TPSA) is 88.3 Å². The predicted octanol–water partition coefficient (Wildman–Crippen LogP) is 3.40. The molecule has 9 nitrogen and oxygen atoms in total. The van der Waals surface area contributed by atoms with Gasteiger partial charge in [-0.3, -0.25) is 4.31 Å². The highest BCUT2D eigenvalue weighted by atomic mass is 32.2. The molecule has 0 saturated carbocycles. The van der Waals surface area contributed by atoms with E-state index in [0.717, 1.165) is 31.5 Å². The summed E-state index contributed by atoms with van der Waals surface area (Å²) in [6, 6.07) is 6.07. The van der Waals surface area contributed by atoms with Crippen molar-refractivity contribution in [2.45, 2.75) is 31.5 Å². The van der Waals surface area contributed by atoms with Crippen LogP contribution in [0.2, 0.25) is 0 Å². The zero-order valence-corrected chi connectivity index (χ0v) is 19.5. The van der Waals surface area contributed by atoms with Crippen molar-refractivity contribution < 1.29 is 14.0 Å². The van der Waals surface area contributed by atoms with Gasteiger partial charge in [0.05, 0.1) is 24.9 Å². The molecule has 1 unspecified atom stereocenters. The summed E-state index contributed by atoms with van der Waals surface area (Å²) in [5, 5.41) is 15.5. The molecule has 1 saturated heterocycles. The first-order valence-corrected chi connectivity index (χ1v) is 12.0. The third-order valence-electron chi connectivity index (χ3n) is 6.09. The van der Waals surface area contributed by atoms with E-state index in [1.54, 1.807) is 35.8 Å². The van der Waals surface area contributed by atoms with Crippen molar-refractivity contribution in [1.29, 1.82) is 0 Å². The van der Waals surface area contributed by atoms with Gasteiger partial charge < -0.3 is 20.2 Å². The number of hydrogen-bond donors (Lipinski definition) is 2. The largest absolute Gasteiger partial charge is 0.496 e. The first kappa shape index (κ1) is 21.8. The zero-order chi connectivity index (χ0) is 23.0. The summed E-state index contributed by atoms with van der Waals surface area (Å²) in [6.07, 6.45) is 7.33. The van der Waals surface area contributed by atoms with Crippen molar-refractivity contribution >= 4 is 29.2 Å². The molecule has 2 aromatic heterocycles. The maximum atomic E-state index is 13.8. The molecule has 0 bridgehead atoms. The standard InChI is InChI=1S/C22H26FN7O2S/c1-14(16-12-15(23)4-5-18(16)31-2)25-19-6-9-30-21(26-19)17(13-24-30)20-27-22(32-28-20)7-10-29(33-3)11-8-22/h4-6,9,12-14H,7-8,10-11H2,1-3H3,(H,25,26)(H,27,28). The van der Waals surface area contributed by atoms with Gasteiger partial charge in [-0.25, -0.2) is 13.9 Å². The van der Waals surface area contributed by atoms with Crippen LogP contribution in [0.3, 0.4) is 0 Å². The molecule has 33 heavy (non-hydrogen) atoms. The number of nitrogens with one attached hydrogen (secondary N) is 2. The first-order valence-electron chi connectivity index (χ1n) is 10.8. The van der Waals surface area contributed by atoms with Crippen LogP contribution in [0, 0.1) is 5.82 Å². The molecule has 174 valence electrons. The van der Waals surface area contributed by atoms with Crippen LogP contribution in [0.5, 0.6) is 5.75 Å². The van der Waals surface area contributed by atoms with Crippen molar-refractivity contribution in [3.05, 3.63) is 53.6 Å². The number of halogens is 1. The fourth-order valence-corrected chi connectivity index (χ4v) is 4.76. The molecule has 0 aliphatic carbocycles. The number of piperidine rings is 1. The monoisotopic (exact) mass is 471 g/mol. The Kier molecular flexibility index (Phi) is 5.75. The van der Waals surface area contributed by atoms with E-state index in [2.05, 4.69) is 31.4 Å². The highest BCUT2D eigenvalue weighted by Gasteiger charge is 2.42. The number of nitrogens with zero attached hydrogens (tertiary/aromatic N) is 5. The lowest BCUT2D eigenvalue weighted by Gasteiger charge is -2.36. The van der Waals surface area contributed by atoms with Gasteiger partial charge >= 0.3 is 0 Å². The summed E-state index contributed by atoms with van der Waals surface area (Å²) < 4.78 is 23.2. The highest BCUT2D eigenvalue weighted by molar-refractivity contribution is 7.96. The highest BCUT2D eigenvalue weighted by Crippen LogP contribution is 2.31. The summed E-state index contributed by atoms with van der Waals surface area (Å²) >= 11 is 1.75. The van der Waals surface area contributed by atoms with E-state index >= 15 is 0 Å². The van der Waals surface area contributed by atoms with E-state index in [0.29, 0.717) is 28.6 Å². The number of oxime groups is 1. The fraction of sp³-hybridized carbons (Fsp3) is 0.409. The second kappa shape index (κ2) is 8.71. The number of aromatic nitrogens is 3. The summed E-state index contributed by atoms with van der Waals surface area (Å²) in [5.41, 5.74) is 1.64. The number of hydrogen-bond acceptors (Lipinski definition) is 9. The lowest BCUT2D eigenvalue weighted by atomic mass is 10.0. The summed E-state index contributed by atoms with van der Waals surface area (Å²) in [6.45, 7) is 3.79. The molecule has 5 rings (SSSR count). The number of methoxy groups -OCH3 is 1. The van der Waals surface area contributed by atoms with Gasteiger partial charge in [-0.05, 0) is 37.4 Å². The first-order chi connectivity index (χ1) is 16.0. The van der Waals surface area contributed by atoms with Gasteiger partial charge in [-0.2, -0.15) is 5.10 Å². The van der Waals surface area contributed by atoms with Gasteiger partial charge in [0.2, 0.25) is 5.72 Å². The van der Waals surface area contributed by atoms with Crippen LogP contribution in [0.1, 0.15) is 36.9 Å². The molecule has 1 atom stereocenters. The third kappa shape index (κ3) is 4.18. The Hall–Kier alpha value is -3.05.